The molecule has 104 valence electrons. The number of carbonyl (C=O) groups excluding carboxylic acids is 1. The lowest BCUT2D eigenvalue weighted by Gasteiger charge is -2.41. The van der Waals surface area contributed by atoms with E-state index < -0.39 is 0 Å². The van der Waals surface area contributed by atoms with Gasteiger partial charge in [0.05, 0.1) is 12.0 Å². The highest BCUT2D eigenvalue weighted by Gasteiger charge is 2.41. The van der Waals surface area contributed by atoms with Gasteiger partial charge in [-0.05, 0) is 37.7 Å². The van der Waals surface area contributed by atoms with E-state index in [4.69, 9.17) is 16.3 Å². The summed E-state index contributed by atoms with van der Waals surface area (Å²) in [4.78, 5) is 12.3. The number of benzene rings is 1. The van der Waals surface area contributed by atoms with Crippen LogP contribution in [0.15, 0.2) is 12.1 Å². The number of rotatable bonds is 0. The number of aryl methyl sites for hydroxylation is 1. The fraction of sp³-hybridized carbons (Fsp3) is 0.500. The normalized spacial score (nSPS) is 20.4. The van der Waals surface area contributed by atoms with Gasteiger partial charge in [-0.25, -0.2) is 0 Å². The Balaban J connectivity index is 0.00000133. The molecule has 2 aliphatic heterocycles. The summed E-state index contributed by atoms with van der Waals surface area (Å²) in [6.07, 6.45) is 2.25. The van der Waals surface area contributed by atoms with E-state index in [1.54, 1.807) is 6.07 Å². The van der Waals surface area contributed by atoms with Crippen LogP contribution in [0.3, 0.4) is 0 Å². The zero-order valence-electron chi connectivity index (χ0n) is 10.8. The lowest BCUT2D eigenvalue weighted by Crippen LogP contribution is -2.49. The van der Waals surface area contributed by atoms with E-state index >= 15 is 0 Å². The van der Waals surface area contributed by atoms with Gasteiger partial charge in [0.15, 0.2) is 5.78 Å². The van der Waals surface area contributed by atoms with Crippen molar-refractivity contribution in [3.05, 3.63) is 28.3 Å². The van der Waals surface area contributed by atoms with Crippen molar-refractivity contribution in [2.24, 2.45) is 0 Å². The van der Waals surface area contributed by atoms with Crippen molar-refractivity contribution in [2.45, 2.75) is 31.8 Å². The summed E-state index contributed by atoms with van der Waals surface area (Å²) in [5.74, 6) is 0.857. The first-order valence-electron chi connectivity index (χ1n) is 6.33. The molecule has 0 unspecified atom stereocenters. The molecule has 1 aromatic rings. The average Bonchev–Trinajstić information content (AvgIpc) is 2.33. The standard InChI is InChI=1S/C14H16ClNO2.ClH/c1-9-6-13-10(7-11(9)15)12(17)8-14(18-13)2-4-16-5-3-14;/h6-7,16H,2-5,8H2,1H3;1H. The van der Waals surface area contributed by atoms with Crippen LogP contribution in [0.4, 0.5) is 0 Å². The van der Waals surface area contributed by atoms with Crippen molar-refractivity contribution in [1.29, 1.82) is 0 Å². The molecule has 19 heavy (non-hydrogen) atoms. The maximum Gasteiger partial charge on any atom is 0.170 e. The number of ether oxygens (including phenoxy) is 1. The Bertz CT molecular complexity index is 510. The topological polar surface area (TPSA) is 38.3 Å². The van der Waals surface area contributed by atoms with E-state index in [0.717, 1.165) is 31.5 Å². The summed E-state index contributed by atoms with van der Waals surface area (Å²) in [6, 6.07) is 3.63. The number of hydrogen-bond acceptors (Lipinski definition) is 3. The lowest BCUT2D eigenvalue weighted by molar-refractivity contribution is 0.0187. The summed E-state index contributed by atoms with van der Waals surface area (Å²) in [7, 11) is 0. The molecule has 0 saturated carbocycles. The molecule has 2 heterocycles. The van der Waals surface area contributed by atoms with E-state index in [0.29, 0.717) is 22.8 Å². The second kappa shape index (κ2) is 5.31. The van der Waals surface area contributed by atoms with Gasteiger partial charge in [-0.1, -0.05) is 11.6 Å². The number of fused-ring (bicyclic) bond motifs is 1. The van der Waals surface area contributed by atoms with Crippen molar-refractivity contribution < 1.29 is 9.53 Å². The third-order valence-electron chi connectivity index (χ3n) is 3.89. The maximum absolute atomic E-state index is 12.3. The van der Waals surface area contributed by atoms with Crippen LogP contribution in [0.1, 0.15) is 35.2 Å². The number of nitrogens with one attached hydrogen (secondary N) is 1. The lowest BCUT2D eigenvalue weighted by atomic mass is 9.83. The van der Waals surface area contributed by atoms with E-state index in [1.807, 2.05) is 13.0 Å². The second-order valence-electron chi connectivity index (χ2n) is 5.23. The number of halogens is 2. The number of piperidine rings is 1. The van der Waals surface area contributed by atoms with Crippen molar-refractivity contribution >= 4 is 29.8 Å². The molecular formula is C14H17Cl2NO2. The highest BCUT2D eigenvalue weighted by atomic mass is 35.5. The highest BCUT2D eigenvalue weighted by molar-refractivity contribution is 6.31. The Labute approximate surface area is 124 Å². The van der Waals surface area contributed by atoms with Crippen LogP contribution in [0, 0.1) is 6.92 Å². The van der Waals surface area contributed by atoms with Crippen molar-refractivity contribution in [2.75, 3.05) is 13.1 Å². The first-order valence-corrected chi connectivity index (χ1v) is 6.71. The Morgan fingerprint density at radius 3 is 2.68 bits per heavy atom. The molecule has 1 saturated heterocycles. The van der Waals surface area contributed by atoms with Crippen LogP contribution in [-0.2, 0) is 0 Å². The largest absolute Gasteiger partial charge is 0.486 e. The van der Waals surface area contributed by atoms with Gasteiger partial charge in [-0.2, -0.15) is 0 Å². The molecule has 0 aromatic heterocycles. The first kappa shape index (κ1) is 14.6. The molecule has 3 nitrogen and oxygen atoms in total. The minimum absolute atomic E-state index is 0. The van der Waals surface area contributed by atoms with E-state index in [9.17, 15) is 4.79 Å². The van der Waals surface area contributed by atoms with Crippen molar-refractivity contribution in [3.63, 3.8) is 0 Å². The predicted octanol–water partition coefficient (Wildman–Crippen LogP) is 3.16. The van der Waals surface area contributed by atoms with E-state index in [-0.39, 0.29) is 23.8 Å². The number of ketones is 1. The molecular weight excluding hydrogens is 285 g/mol. The Morgan fingerprint density at radius 1 is 1.32 bits per heavy atom. The number of Topliss-reactive ketones (excluding diaryl/α,β-unsaturated/α-hetero) is 1. The molecule has 0 atom stereocenters. The van der Waals surface area contributed by atoms with Gasteiger partial charge in [0, 0.05) is 17.9 Å². The van der Waals surface area contributed by atoms with Crippen molar-refractivity contribution in [1.82, 2.24) is 5.32 Å². The zero-order chi connectivity index (χ0) is 12.8. The quantitative estimate of drug-likeness (QED) is 0.800. The molecule has 1 spiro atoms. The van der Waals surface area contributed by atoms with Crippen LogP contribution >= 0.6 is 24.0 Å². The zero-order valence-corrected chi connectivity index (χ0v) is 12.4. The summed E-state index contributed by atoms with van der Waals surface area (Å²) in [6.45, 7) is 3.75. The molecule has 1 aromatic carbocycles. The molecule has 3 rings (SSSR count). The Morgan fingerprint density at radius 2 is 2.00 bits per heavy atom. The Hall–Kier alpha value is -0.770. The Kier molecular flexibility index (Phi) is 4.09. The fourth-order valence-electron chi connectivity index (χ4n) is 2.78. The van der Waals surface area contributed by atoms with Crippen LogP contribution in [0.2, 0.25) is 5.02 Å². The summed E-state index contributed by atoms with van der Waals surface area (Å²) < 4.78 is 6.15. The summed E-state index contributed by atoms with van der Waals surface area (Å²) >= 11 is 6.07. The van der Waals surface area contributed by atoms with Crippen LogP contribution in [0.25, 0.3) is 0 Å². The van der Waals surface area contributed by atoms with E-state index in [1.165, 1.54) is 0 Å². The summed E-state index contributed by atoms with van der Waals surface area (Å²) in [5, 5.41) is 3.93. The molecule has 1 fully saturated rings. The third kappa shape index (κ3) is 2.60. The molecule has 1 N–H and O–H groups in total. The maximum atomic E-state index is 12.3. The fourth-order valence-corrected chi connectivity index (χ4v) is 2.94. The van der Waals surface area contributed by atoms with Gasteiger partial charge in [0.1, 0.15) is 11.4 Å². The van der Waals surface area contributed by atoms with E-state index in [2.05, 4.69) is 5.32 Å². The van der Waals surface area contributed by atoms with Gasteiger partial charge < -0.3 is 10.1 Å². The monoisotopic (exact) mass is 301 g/mol. The van der Waals surface area contributed by atoms with Crippen molar-refractivity contribution in [3.8, 4) is 5.75 Å². The highest BCUT2D eigenvalue weighted by Crippen LogP contribution is 2.40. The first-order chi connectivity index (χ1) is 8.60. The van der Waals surface area contributed by atoms with Gasteiger partial charge in [0.2, 0.25) is 0 Å². The second-order valence-corrected chi connectivity index (χ2v) is 5.64. The number of hydrogen-bond donors (Lipinski definition) is 1. The predicted molar refractivity (Wildman–Crippen MR) is 77.8 cm³/mol. The molecule has 5 heteroatoms. The van der Waals surface area contributed by atoms with Crippen LogP contribution in [0.5, 0.6) is 5.75 Å². The minimum Gasteiger partial charge on any atom is -0.486 e. The van der Waals surface area contributed by atoms with Gasteiger partial charge in [-0.15, -0.1) is 12.4 Å². The molecule has 0 aliphatic carbocycles. The smallest absolute Gasteiger partial charge is 0.170 e. The SMILES string of the molecule is Cc1cc2c(cc1Cl)C(=O)CC1(CCNCC1)O2.Cl. The number of carbonyl (C=O) groups is 1. The minimum atomic E-state index is -0.296. The van der Waals surface area contributed by atoms with Crippen LogP contribution in [-0.4, -0.2) is 24.5 Å². The molecule has 0 radical (unpaired) electrons. The van der Waals surface area contributed by atoms with Gasteiger partial charge in [-0.3, -0.25) is 4.79 Å². The van der Waals surface area contributed by atoms with Crippen LogP contribution < -0.4 is 10.1 Å². The molecule has 0 amide bonds. The van der Waals surface area contributed by atoms with Gasteiger partial charge >= 0.3 is 0 Å². The third-order valence-corrected chi connectivity index (χ3v) is 4.29. The average molecular weight is 302 g/mol. The summed E-state index contributed by atoms with van der Waals surface area (Å²) in [5.41, 5.74) is 1.29. The molecule has 0 bridgehead atoms. The van der Waals surface area contributed by atoms with Gasteiger partial charge in [0.25, 0.3) is 0 Å². The molecule has 2 aliphatic rings.